The zero-order chi connectivity index (χ0) is 30.5. The Balaban J connectivity index is 1.36. The summed E-state index contributed by atoms with van der Waals surface area (Å²) in [7, 11) is 0. The summed E-state index contributed by atoms with van der Waals surface area (Å²) in [4.78, 5) is 4.42. The second-order valence-electron chi connectivity index (χ2n) is 11.6. The fourth-order valence-corrected chi connectivity index (χ4v) is 6.93. The molecule has 1 aliphatic rings. The maximum Gasteiger partial charge on any atom is 0.225 e. The zero-order valence-corrected chi connectivity index (χ0v) is 24.9. The van der Waals surface area contributed by atoms with Crippen LogP contribution in [-0.2, 0) is 4.74 Å². The quantitative estimate of drug-likeness (QED) is 0.202. The molecule has 1 aromatic heterocycles. The van der Waals surface area contributed by atoms with Gasteiger partial charge in [0.05, 0.1) is 6.20 Å². The molecule has 4 nitrogen and oxygen atoms in total. The summed E-state index contributed by atoms with van der Waals surface area (Å²) >= 11 is 0. The van der Waals surface area contributed by atoms with Crippen molar-refractivity contribution in [3.05, 3.63) is 164 Å². The number of aromatic nitrogens is 1. The SMILES string of the molecule is C1=COC(c2cccc(-c3c4ccccc4c(-c4cccc(-c5ncco5)c4)c4ccc(-c5cccc6ccccc56)cc34)c2)N1. The van der Waals surface area contributed by atoms with Gasteiger partial charge in [0, 0.05) is 17.3 Å². The molecule has 8 aromatic rings. The van der Waals surface area contributed by atoms with E-state index in [1.165, 1.54) is 54.6 Å². The molecule has 2 heterocycles. The molecule has 9 rings (SSSR count). The highest BCUT2D eigenvalue weighted by molar-refractivity contribution is 6.22. The molecule has 1 N–H and O–H groups in total. The summed E-state index contributed by atoms with van der Waals surface area (Å²) in [5.74, 6) is 0.611. The van der Waals surface area contributed by atoms with Gasteiger partial charge in [-0.1, -0.05) is 109 Å². The maximum atomic E-state index is 5.84. The van der Waals surface area contributed by atoms with Crippen molar-refractivity contribution in [3.63, 3.8) is 0 Å². The number of hydrogen-bond donors (Lipinski definition) is 1. The van der Waals surface area contributed by atoms with Crippen LogP contribution in [0.2, 0.25) is 0 Å². The van der Waals surface area contributed by atoms with Crippen molar-refractivity contribution in [2.75, 3.05) is 0 Å². The second kappa shape index (κ2) is 10.8. The molecule has 0 aliphatic carbocycles. The molecule has 1 unspecified atom stereocenters. The van der Waals surface area contributed by atoms with E-state index in [0.29, 0.717) is 5.89 Å². The van der Waals surface area contributed by atoms with Gasteiger partial charge in [0.15, 0.2) is 6.23 Å². The lowest BCUT2D eigenvalue weighted by Crippen LogP contribution is -2.11. The van der Waals surface area contributed by atoms with Crippen molar-refractivity contribution in [2.45, 2.75) is 6.23 Å². The molecule has 4 heteroatoms. The molecule has 0 radical (unpaired) electrons. The monoisotopic (exact) mass is 592 g/mol. The van der Waals surface area contributed by atoms with Gasteiger partial charge in [0.25, 0.3) is 0 Å². The van der Waals surface area contributed by atoms with Crippen molar-refractivity contribution in [2.24, 2.45) is 0 Å². The molecule has 1 atom stereocenters. The summed E-state index contributed by atoms with van der Waals surface area (Å²) in [5, 5.41) is 10.5. The van der Waals surface area contributed by atoms with Crippen LogP contribution in [0.4, 0.5) is 0 Å². The van der Waals surface area contributed by atoms with Crippen molar-refractivity contribution < 1.29 is 9.15 Å². The Morgan fingerprint density at radius 2 is 1.24 bits per heavy atom. The number of ether oxygens (including phenoxy) is 1. The largest absolute Gasteiger partial charge is 0.473 e. The predicted molar refractivity (Wildman–Crippen MR) is 187 cm³/mol. The summed E-state index contributed by atoms with van der Waals surface area (Å²) in [6, 6.07) is 48.0. The zero-order valence-electron chi connectivity index (χ0n) is 24.9. The third-order valence-electron chi connectivity index (χ3n) is 8.96. The molecule has 46 heavy (non-hydrogen) atoms. The Morgan fingerprint density at radius 1 is 0.543 bits per heavy atom. The lowest BCUT2D eigenvalue weighted by molar-refractivity contribution is 0.155. The van der Waals surface area contributed by atoms with Gasteiger partial charge in [-0.2, -0.15) is 0 Å². The van der Waals surface area contributed by atoms with E-state index in [4.69, 9.17) is 9.15 Å². The Morgan fingerprint density at radius 3 is 2.04 bits per heavy atom. The summed E-state index contributed by atoms with van der Waals surface area (Å²) in [6.07, 6.45) is 6.65. The van der Waals surface area contributed by atoms with Crippen molar-refractivity contribution >= 4 is 32.3 Å². The van der Waals surface area contributed by atoms with E-state index < -0.39 is 0 Å². The van der Waals surface area contributed by atoms with E-state index >= 15 is 0 Å². The van der Waals surface area contributed by atoms with Crippen LogP contribution in [0.1, 0.15) is 11.8 Å². The van der Waals surface area contributed by atoms with E-state index in [-0.39, 0.29) is 6.23 Å². The van der Waals surface area contributed by atoms with Crippen LogP contribution >= 0.6 is 0 Å². The van der Waals surface area contributed by atoms with Crippen LogP contribution in [0.5, 0.6) is 0 Å². The summed E-state index contributed by atoms with van der Waals surface area (Å²) in [6.45, 7) is 0. The number of nitrogens with one attached hydrogen (secondary N) is 1. The van der Waals surface area contributed by atoms with Gasteiger partial charge in [-0.15, -0.1) is 0 Å². The Labute approximate surface area is 266 Å². The van der Waals surface area contributed by atoms with Crippen molar-refractivity contribution in [1.82, 2.24) is 10.3 Å². The Bertz CT molecular complexity index is 2430. The summed E-state index contributed by atoms with van der Waals surface area (Å²) in [5.41, 5.74) is 9.07. The van der Waals surface area contributed by atoms with Gasteiger partial charge in [-0.25, -0.2) is 4.98 Å². The van der Waals surface area contributed by atoms with Crippen LogP contribution in [0.15, 0.2) is 163 Å². The van der Waals surface area contributed by atoms with Gasteiger partial charge in [-0.3, -0.25) is 0 Å². The fraction of sp³-hybridized carbons (Fsp3) is 0.0238. The number of benzene rings is 7. The minimum absolute atomic E-state index is 0.207. The van der Waals surface area contributed by atoms with Crippen LogP contribution in [-0.4, -0.2) is 4.98 Å². The lowest BCUT2D eigenvalue weighted by atomic mass is 9.84. The Kier molecular flexibility index (Phi) is 6.17. The Hall–Kier alpha value is -6.13. The van der Waals surface area contributed by atoms with E-state index in [9.17, 15) is 0 Å². The van der Waals surface area contributed by atoms with Crippen LogP contribution in [0.25, 0.3) is 77.2 Å². The van der Waals surface area contributed by atoms with E-state index in [0.717, 1.165) is 22.3 Å². The molecule has 0 spiro atoms. The molecular weight excluding hydrogens is 564 g/mol. The topological polar surface area (TPSA) is 47.3 Å². The normalized spacial score (nSPS) is 14.1. The molecule has 0 saturated carbocycles. The molecule has 218 valence electrons. The highest BCUT2D eigenvalue weighted by Crippen LogP contribution is 2.46. The van der Waals surface area contributed by atoms with E-state index in [1.54, 1.807) is 18.7 Å². The van der Waals surface area contributed by atoms with Crippen molar-refractivity contribution in [3.8, 4) is 44.8 Å². The first-order valence-corrected chi connectivity index (χ1v) is 15.5. The van der Waals surface area contributed by atoms with Crippen LogP contribution < -0.4 is 5.32 Å². The third kappa shape index (κ3) is 4.34. The smallest absolute Gasteiger partial charge is 0.225 e. The second-order valence-corrected chi connectivity index (χ2v) is 11.6. The summed E-state index contributed by atoms with van der Waals surface area (Å²) < 4.78 is 11.5. The maximum absolute atomic E-state index is 5.84. The van der Waals surface area contributed by atoms with Crippen LogP contribution in [0, 0.1) is 0 Å². The van der Waals surface area contributed by atoms with Gasteiger partial charge >= 0.3 is 0 Å². The molecule has 0 saturated heterocycles. The number of rotatable bonds is 5. The highest BCUT2D eigenvalue weighted by Gasteiger charge is 2.20. The van der Waals surface area contributed by atoms with Gasteiger partial charge in [0.2, 0.25) is 5.89 Å². The molecule has 7 aromatic carbocycles. The van der Waals surface area contributed by atoms with Gasteiger partial charge in [0.1, 0.15) is 12.5 Å². The first kappa shape index (κ1) is 26.3. The number of oxazole rings is 1. The molecule has 1 aliphatic heterocycles. The molecule has 0 fully saturated rings. The third-order valence-corrected chi connectivity index (χ3v) is 8.96. The highest BCUT2D eigenvalue weighted by atomic mass is 16.5. The number of hydrogen-bond acceptors (Lipinski definition) is 4. The predicted octanol–water partition coefficient (Wildman–Crippen LogP) is 10.9. The number of fused-ring (bicyclic) bond motifs is 3. The number of nitrogens with zero attached hydrogens (tertiary/aromatic N) is 1. The minimum atomic E-state index is -0.207. The fourth-order valence-electron chi connectivity index (χ4n) is 6.93. The minimum Gasteiger partial charge on any atom is -0.473 e. The first-order valence-electron chi connectivity index (χ1n) is 15.5. The lowest BCUT2D eigenvalue weighted by Gasteiger charge is -2.20. The molecule has 0 bridgehead atoms. The van der Waals surface area contributed by atoms with E-state index in [2.05, 4.69) is 138 Å². The average molecular weight is 593 g/mol. The molecule has 0 amide bonds. The first-order chi connectivity index (χ1) is 22.8. The van der Waals surface area contributed by atoms with Crippen molar-refractivity contribution in [1.29, 1.82) is 0 Å². The van der Waals surface area contributed by atoms with E-state index in [1.807, 2.05) is 12.3 Å². The average Bonchev–Trinajstić information content (AvgIpc) is 3.86. The van der Waals surface area contributed by atoms with Crippen LogP contribution in [0.3, 0.4) is 0 Å². The standard InChI is InChI=1S/C42H28N2O2/c1-2-14-33-27(8-1)9-7-17-34(33)28-18-19-37-38(26-28)40(30-11-6-13-32(25-30)42-44-21-23-46-42)36-16-4-3-15-35(36)39(37)29-10-5-12-31(24-29)41-43-20-22-45-41/h1-26,42,44H. The molecular formula is C42H28N2O2. The van der Waals surface area contributed by atoms with Gasteiger partial charge < -0.3 is 14.5 Å². The van der Waals surface area contributed by atoms with Gasteiger partial charge in [-0.05, 0) is 90.0 Å².